The Morgan fingerprint density at radius 1 is 1.15 bits per heavy atom. The number of hydrogen-bond acceptors (Lipinski definition) is 2. The average molecular weight is 280 g/mol. The number of nitrogens with one attached hydrogen (secondary N) is 1. The Morgan fingerprint density at radius 2 is 1.80 bits per heavy atom. The maximum absolute atomic E-state index is 6.27. The Hall–Kier alpha value is -0.0800. The van der Waals surface area contributed by atoms with Crippen molar-refractivity contribution >= 4 is 0 Å². The fourth-order valence-corrected chi connectivity index (χ4v) is 4.60. The molecule has 20 heavy (non-hydrogen) atoms. The summed E-state index contributed by atoms with van der Waals surface area (Å²) in [6.45, 7) is 12.0. The van der Waals surface area contributed by atoms with Gasteiger partial charge in [-0.3, -0.25) is 0 Å². The zero-order valence-electron chi connectivity index (χ0n) is 14.2. The van der Waals surface area contributed by atoms with Crippen LogP contribution >= 0.6 is 0 Å². The topological polar surface area (TPSA) is 38.0 Å². The molecule has 0 bridgehead atoms. The third-order valence-electron chi connectivity index (χ3n) is 7.02. The first-order chi connectivity index (χ1) is 9.41. The third-order valence-corrected chi connectivity index (χ3v) is 7.02. The average Bonchev–Trinajstić information content (AvgIpc) is 2.89. The van der Waals surface area contributed by atoms with E-state index in [0.29, 0.717) is 22.8 Å². The molecule has 2 rings (SSSR count). The van der Waals surface area contributed by atoms with Gasteiger partial charge in [-0.25, -0.2) is 0 Å². The maximum Gasteiger partial charge on any atom is 0.00698 e. The van der Waals surface area contributed by atoms with E-state index in [9.17, 15) is 0 Å². The summed E-state index contributed by atoms with van der Waals surface area (Å²) in [5.74, 6) is 1.42. The van der Waals surface area contributed by atoms with Crippen molar-refractivity contribution in [3.63, 3.8) is 0 Å². The van der Waals surface area contributed by atoms with E-state index in [1.165, 1.54) is 58.0 Å². The van der Waals surface area contributed by atoms with Crippen molar-refractivity contribution < 1.29 is 0 Å². The van der Waals surface area contributed by atoms with Gasteiger partial charge >= 0.3 is 0 Å². The summed E-state index contributed by atoms with van der Waals surface area (Å²) in [4.78, 5) is 0. The predicted molar refractivity (Wildman–Crippen MR) is 87.7 cm³/mol. The lowest BCUT2D eigenvalue weighted by atomic mass is 9.61. The first-order valence-electron chi connectivity index (χ1n) is 8.87. The minimum atomic E-state index is 0.375. The van der Waals surface area contributed by atoms with Crippen molar-refractivity contribution in [3.05, 3.63) is 0 Å². The zero-order chi connectivity index (χ0) is 14.8. The van der Waals surface area contributed by atoms with E-state index >= 15 is 0 Å². The Morgan fingerprint density at radius 3 is 2.40 bits per heavy atom. The van der Waals surface area contributed by atoms with E-state index < -0.39 is 0 Å². The quantitative estimate of drug-likeness (QED) is 0.800. The number of rotatable bonds is 5. The highest BCUT2D eigenvalue weighted by atomic mass is 14.9. The molecule has 2 fully saturated rings. The largest absolute Gasteiger partial charge is 0.327 e. The van der Waals surface area contributed by atoms with Gasteiger partial charge in [-0.1, -0.05) is 40.5 Å². The first kappa shape index (κ1) is 16.3. The van der Waals surface area contributed by atoms with Gasteiger partial charge in [0.05, 0.1) is 0 Å². The van der Waals surface area contributed by atoms with Crippen molar-refractivity contribution in [1.29, 1.82) is 0 Å². The molecule has 2 aliphatic rings. The van der Waals surface area contributed by atoms with Crippen LogP contribution < -0.4 is 11.1 Å². The molecule has 2 nitrogen and oxygen atoms in total. The third kappa shape index (κ3) is 3.22. The van der Waals surface area contributed by atoms with Crippen molar-refractivity contribution in [2.24, 2.45) is 28.4 Å². The second-order valence-electron chi connectivity index (χ2n) is 8.24. The first-order valence-corrected chi connectivity index (χ1v) is 8.87. The monoisotopic (exact) mass is 280 g/mol. The molecule has 0 heterocycles. The van der Waals surface area contributed by atoms with Crippen LogP contribution in [0.3, 0.4) is 0 Å². The predicted octanol–water partition coefficient (Wildman–Crippen LogP) is 3.95. The highest BCUT2D eigenvalue weighted by Gasteiger charge is 2.41. The molecule has 3 N–H and O–H groups in total. The highest BCUT2D eigenvalue weighted by Crippen LogP contribution is 2.44. The second-order valence-corrected chi connectivity index (χ2v) is 8.24. The van der Waals surface area contributed by atoms with E-state index in [1.807, 2.05) is 0 Å². The lowest BCUT2D eigenvalue weighted by Gasteiger charge is -2.47. The van der Waals surface area contributed by atoms with Crippen LogP contribution in [0.5, 0.6) is 0 Å². The van der Waals surface area contributed by atoms with Crippen molar-refractivity contribution in [1.82, 2.24) is 5.32 Å². The number of nitrogens with two attached hydrogens (primary N) is 1. The minimum absolute atomic E-state index is 0.375. The molecule has 0 aromatic heterocycles. The molecule has 0 amide bonds. The lowest BCUT2D eigenvalue weighted by Crippen LogP contribution is -2.50. The van der Waals surface area contributed by atoms with Crippen molar-refractivity contribution in [3.8, 4) is 0 Å². The summed E-state index contributed by atoms with van der Waals surface area (Å²) < 4.78 is 0. The Labute approximate surface area is 126 Å². The van der Waals surface area contributed by atoms with Crippen LogP contribution in [-0.2, 0) is 0 Å². The molecular weight excluding hydrogens is 244 g/mol. The summed E-state index contributed by atoms with van der Waals surface area (Å²) in [7, 11) is 0. The van der Waals surface area contributed by atoms with Gasteiger partial charge < -0.3 is 11.1 Å². The lowest BCUT2D eigenvalue weighted by molar-refractivity contribution is 0.0519. The fraction of sp³-hybridized carbons (Fsp3) is 1.00. The van der Waals surface area contributed by atoms with Crippen LogP contribution in [0, 0.1) is 22.7 Å². The second kappa shape index (κ2) is 6.36. The molecule has 2 saturated carbocycles. The zero-order valence-corrected chi connectivity index (χ0v) is 14.2. The molecule has 0 aromatic rings. The van der Waals surface area contributed by atoms with Gasteiger partial charge in [0.25, 0.3) is 0 Å². The van der Waals surface area contributed by atoms with Crippen LogP contribution in [-0.4, -0.2) is 19.1 Å². The highest BCUT2D eigenvalue weighted by molar-refractivity contribution is 4.94. The number of hydrogen-bond donors (Lipinski definition) is 2. The van der Waals surface area contributed by atoms with Crippen LogP contribution in [0.4, 0.5) is 0 Å². The van der Waals surface area contributed by atoms with E-state index in [4.69, 9.17) is 5.73 Å². The van der Waals surface area contributed by atoms with E-state index in [-0.39, 0.29) is 0 Å². The van der Waals surface area contributed by atoms with Gasteiger partial charge in [-0.2, -0.15) is 0 Å². The molecular formula is C18H36N2. The van der Waals surface area contributed by atoms with Crippen LogP contribution in [0.25, 0.3) is 0 Å². The van der Waals surface area contributed by atoms with Crippen molar-refractivity contribution in [2.75, 3.05) is 13.1 Å². The van der Waals surface area contributed by atoms with Gasteiger partial charge in [0.15, 0.2) is 0 Å². The Kier molecular flexibility index (Phi) is 5.18. The van der Waals surface area contributed by atoms with E-state index in [1.54, 1.807) is 0 Å². The Balaban J connectivity index is 1.84. The normalized spacial score (nSPS) is 36.1. The van der Waals surface area contributed by atoms with Crippen LogP contribution in [0.15, 0.2) is 0 Å². The molecule has 0 aliphatic heterocycles. The van der Waals surface area contributed by atoms with Gasteiger partial charge in [0.2, 0.25) is 0 Å². The molecule has 3 atom stereocenters. The SMILES string of the molecule is CCC1(CNCC2CCC(N)C(C)C2(C)C)CCCC1. The van der Waals surface area contributed by atoms with Gasteiger partial charge in [-0.15, -0.1) is 0 Å². The molecule has 3 unspecified atom stereocenters. The standard InChI is InChI=1S/C18H36N2/c1-5-18(10-6-7-11-18)13-20-12-15-8-9-16(19)14(2)17(15,3)4/h14-16,20H,5-13,19H2,1-4H3. The molecule has 2 aliphatic carbocycles. The van der Waals surface area contributed by atoms with Crippen LogP contribution in [0.1, 0.15) is 72.6 Å². The summed E-state index contributed by atoms with van der Waals surface area (Å²) in [6.07, 6.45) is 9.60. The van der Waals surface area contributed by atoms with Crippen molar-refractivity contribution in [2.45, 2.75) is 78.7 Å². The fourth-order valence-electron chi connectivity index (χ4n) is 4.60. The molecule has 0 radical (unpaired) electrons. The van der Waals surface area contributed by atoms with E-state index in [2.05, 4.69) is 33.0 Å². The van der Waals surface area contributed by atoms with Gasteiger partial charge in [0, 0.05) is 12.6 Å². The maximum atomic E-state index is 6.27. The molecule has 0 spiro atoms. The molecule has 118 valence electrons. The Bertz CT molecular complexity index is 305. The smallest absolute Gasteiger partial charge is 0.00698 e. The summed E-state index contributed by atoms with van der Waals surface area (Å²) in [6, 6.07) is 0.401. The summed E-state index contributed by atoms with van der Waals surface area (Å²) in [5, 5.41) is 3.84. The van der Waals surface area contributed by atoms with Gasteiger partial charge in [-0.05, 0) is 61.3 Å². The molecule has 2 heteroatoms. The van der Waals surface area contributed by atoms with E-state index in [0.717, 1.165) is 5.92 Å². The summed E-state index contributed by atoms with van der Waals surface area (Å²) >= 11 is 0. The summed E-state index contributed by atoms with van der Waals surface area (Å²) in [5.41, 5.74) is 7.25. The molecule has 0 saturated heterocycles. The van der Waals surface area contributed by atoms with Gasteiger partial charge in [0.1, 0.15) is 0 Å². The minimum Gasteiger partial charge on any atom is -0.327 e. The van der Waals surface area contributed by atoms with Crippen LogP contribution in [0.2, 0.25) is 0 Å². The molecule has 0 aromatic carbocycles.